The van der Waals surface area contributed by atoms with Crippen molar-refractivity contribution in [1.82, 2.24) is 10.2 Å². The maximum absolute atomic E-state index is 11.8. The first kappa shape index (κ1) is 14.5. The van der Waals surface area contributed by atoms with E-state index in [2.05, 4.69) is 5.32 Å². The highest BCUT2D eigenvalue weighted by molar-refractivity contribution is 7.09. The first-order chi connectivity index (χ1) is 9.07. The zero-order chi connectivity index (χ0) is 13.7. The highest BCUT2D eigenvalue weighted by Gasteiger charge is 2.32. The van der Waals surface area contributed by atoms with Crippen molar-refractivity contribution in [1.29, 1.82) is 0 Å². The van der Waals surface area contributed by atoms with Gasteiger partial charge in [0.1, 0.15) is 0 Å². The fraction of sp³-hybridized carbons (Fsp3) is 0.643. The lowest BCUT2D eigenvalue weighted by molar-refractivity contribution is -0.122. The molecule has 1 aromatic rings. The predicted molar refractivity (Wildman–Crippen MR) is 77.1 cm³/mol. The lowest BCUT2D eigenvalue weighted by Crippen LogP contribution is -2.43. The van der Waals surface area contributed by atoms with Gasteiger partial charge >= 0.3 is 0 Å². The molecule has 0 radical (unpaired) electrons. The Labute approximate surface area is 118 Å². The summed E-state index contributed by atoms with van der Waals surface area (Å²) in [5, 5.41) is 15.2. The molecule has 0 unspecified atom stereocenters. The molecule has 0 bridgehead atoms. The van der Waals surface area contributed by atoms with Gasteiger partial charge in [-0.05, 0) is 31.3 Å². The molecular weight excluding hydrogens is 260 g/mol. The van der Waals surface area contributed by atoms with Gasteiger partial charge in [-0.2, -0.15) is 0 Å². The van der Waals surface area contributed by atoms with Gasteiger partial charge in [-0.1, -0.05) is 18.9 Å². The van der Waals surface area contributed by atoms with Crippen LogP contribution in [0.5, 0.6) is 0 Å². The molecule has 19 heavy (non-hydrogen) atoms. The van der Waals surface area contributed by atoms with Crippen LogP contribution in [0.15, 0.2) is 17.5 Å². The molecule has 0 aromatic carbocycles. The molecule has 0 aliphatic heterocycles. The minimum atomic E-state index is -0.581. The topological polar surface area (TPSA) is 52.6 Å². The van der Waals surface area contributed by atoms with Crippen LogP contribution in [0.3, 0.4) is 0 Å². The molecule has 1 saturated carbocycles. The second-order valence-electron chi connectivity index (χ2n) is 5.46. The Morgan fingerprint density at radius 1 is 1.53 bits per heavy atom. The molecule has 1 fully saturated rings. The maximum Gasteiger partial charge on any atom is 0.234 e. The number of hydrogen-bond donors (Lipinski definition) is 2. The standard InChI is InChI=1S/C14H22N2O2S/c1-16(11-14(18)6-2-3-7-14)10-13(17)15-9-12-5-4-8-19-12/h4-5,8,18H,2-3,6-7,9-11H2,1H3,(H,15,17). The molecule has 0 atom stereocenters. The average molecular weight is 282 g/mol. The van der Waals surface area contributed by atoms with Crippen LogP contribution in [0.25, 0.3) is 0 Å². The van der Waals surface area contributed by atoms with Crippen molar-refractivity contribution in [3.05, 3.63) is 22.4 Å². The first-order valence-electron chi connectivity index (χ1n) is 6.77. The van der Waals surface area contributed by atoms with E-state index < -0.39 is 5.60 Å². The van der Waals surface area contributed by atoms with E-state index in [1.54, 1.807) is 11.3 Å². The number of aliphatic hydroxyl groups is 1. The van der Waals surface area contributed by atoms with Gasteiger partial charge in [-0.15, -0.1) is 11.3 Å². The van der Waals surface area contributed by atoms with E-state index in [9.17, 15) is 9.90 Å². The van der Waals surface area contributed by atoms with Crippen LogP contribution in [-0.4, -0.2) is 41.7 Å². The minimum absolute atomic E-state index is 0.0116. The zero-order valence-electron chi connectivity index (χ0n) is 11.4. The summed E-state index contributed by atoms with van der Waals surface area (Å²) in [6.45, 7) is 1.52. The van der Waals surface area contributed by atoms with E-state index in [-0.39, 0.29) is 5.91 Å². The Balaban J connectivity index is 1.69. The summed E-state index contributed by atoms with van der Waals surface area (Å²) in [6.07, 6.45) is 3.89. The van der Waals surface area contributed by atoms with Crippen LogP contribution < -0.4 is 5.32 Å². The van der Waals surface area contributed by atoms with Gasteiger partial charge in [-0.25, -0.2) is 0 Å². The fourth-order valence-electron chi connectivity index (χ4n) is 2.65. The fourth-order valence-corrected chi connectivity index (χ4v) is 3.29. The van der Waals surface area contributed by atoms with Crippen molar-refractivity contribution in [2.24, 2.45) is 0 Å². The summed E-state index contributed by atoms with van der Waals surface area (Å²) in [4.78, 5) is 14.9. The lowest BCUT2D eigenvalue weighted by atomic mass is 10.0. The van der Waals surface area contributed by atoms with Crippen LogP contribution in [0, 0.1) is 0 Å². The summed E-state index contributed by atoms with van der Waals surface area (Å²) in [5.41, 5.74) is -0.581. The van der Waals surface area contributed by atoms with E-state index in [0.29, 0.717) is 19.6 Å². The van der Waals surface area contributed by atoms with E-state index in [0.717, 1.165) is 30.6 Å². The molecule has 1 aromatic heterocycles. The van der Waals surface area contributed by atoms with E-state index in [1.807, 2.05) is 29.5 Å². The van der Waals surface area contributed by atoms with Crippen LogP contribution >= 0.6 is 11.3 Å². The first-order valence-corrected chi connectivity index (χ1v) is 7.65. The average Bonchev–Trinajstić information content (AvgIpc) is 2.97. The molecule has 1 aliphatic carbocycles. The summed E-state index contributed by atoms with van der Waals surface area (Å²) in [6, 6.07) is 3.99. The van der Waals surface area contributed by atoms with Gasteiger partial charge < -0.3 is 10.4 Å². The van der Waals surface area contributed by atoms with Crippen LogP contribution in [0.4, 0.5) is 0 Å². The number of carbonyl (C=O) groups excluding carboxylic acids is 1. The number of rotatable bonds is 6. The second-order valence-corrected chi connectivity index (χ2v) is 6.49. The van der Waals surface area contributed by atoms with Crippen molar-refractivity contribution in [3.8, 4) is 0 Å². The largest absolute Gasteiger partial charge is 0.389 e. The summed E-state index contributed by atoms with van der Waals surface area (Å²) in [7, 11) is 1.89. The third kappa shape index (κ3) is 4.60. The number of carbonyl (C=O) groups is 1. The van der Waals surface area contributed by atoms with Crippen LogP contribution in [0.2, 0.25) is 0 Å². The highest BCUT2D eigenvalue weighted by atomic mass is 32.1. The molecule has 106 valence electrons. The number of nitrogens with zero attached hydrogens (tertiary/aromatic N) is 1. The molecule has 5 heteroatoms. The molecule has 1 amide bonds. The summed E-state index contributed by atoms with van der Waals surface area (Å²) < 4.78 is 0. The molecule has 4 nitrogen and oxygen atoms in total. The summed E-state index contributed by atoms with van der Waals surface area (Å²) >= 11 is 1.64. The van der Waals surface area contributed by atoms with Crippen molar-refractivity contribution < 1.29 is 9.90 Å². The Hall–Kier alpha value is -0.910. The predicted octanol–water partition coefficient (Wildman–Crippen LogP) is 1.60. The van der Waals surface area contributed by atoms with Gasteiger partial charge in [0.15, 0.2) is 0 Å². The minimum Gasteiger partial charge on any atom is -0.389 e. The quantitative estimate of drug-likeness (QED) is 0.833. The van der Waals surface area contributed by atoms with Gasteiger partial charge in [0.25, 0.3) is 0 Å². The smallest absolute Gasteiger partial charge is 0.234 e. The normalized spacial score (nSPS) is 17.8. The van der Waals surface area contributed by atoms with Gasteiger partial charge in [0.05, 0.1) is 18.7 Å². The van der Waals surface area contributed by atoms with Crippen LogP contribution in [0.1, 0.15) is 30.6 Å². The Bertz CT molecular complexity index is 400. The number of hydrogen-bond acceptors (Lipinski definition) is 4. The molecule has 2 N–H and O–H groups in total. The van der Waals surface area contributed by atoms with E-state index >= 15 is 0 Å². The van der Waals surface area contributed by atoms with E-state index in [1.165, 1.54) is 0 Å². The molecule has 2 rings (SSSR count). The lowest BCUT2D eigenvalue weighted by Gasteiger charge is -2.28. The van der Waals surface area contributed by atoms with Gasteiger partial charge in [0.2, 0.25) is 5.91 Å². The van der Waals surface area contributed by atoms with Crippen molar-refractivity contribution >= 4 is 17.2 Å². The molecule has 0 saturated heterocycles. The SMILES string of the molecule is CN(CC(=O)NCc1cccs1)CC1(O)CCCC1. The maximum atomic E-state index is 11.8. The van der Waals surface area contributed by atoms with Crippen molar-refractivity contribution in [2.45, 2.75) is 37.8 Å². The second kappa shape index (κ2) is 6.50. The third-order valence-electron chi connectivity index (χ3n) is 3.55. The van der Waals surface area contributed by atoms with Crippen molar-refractivity contribution in [3.63, 3.8) is 0 Å². The molecule has 1 heterocycles. The summed E-state index contributed by atoms with van der Waals surface area (Å²) in [5.74, 6) is 0.0116. The van der Waals surface area contributed by atoms with Gasteiger partial charge in [-0.3, -0.25) is 9.69 Å². The van der Waals surface area contributed by atoms with Gasteiger partial charge in [0, 0.05) is 11.4 Å². The molecule has 1 aliphatic rings. The van der Waals surface area contributed by atoms with Crippen LogP contribution in [-0.2, 0) is 11.3 Å². The zero-order valence-corrected chi connectivity index (χ0v) is 12.2. The number of likely N-dealkylation sites (N-methyl/N-ethyl adjacent to an activating group) is 1. The Morgan fingerprint density at radius 2 is 2.26 bits per heavy atom. The number of thiophene rings is 1. The molecular formula is C14H22N2O2S. The van der Waals surface area contributed by atoms with E-state index in [4.69, 9.17) is 0 Å². The Morgan fingerprint density at radius 3 is 2.89 bits per heavy atom. The Kier molecular flexibility index (Phi) is 4.96. The highest BCUT2D eigenvalue weighted by Crippen LogP contribution is 2.29. The molecule has 0 spiro atoms. The number of amides is 1. The number of nitrogens with one attached hydrogen (secondary N) is 1. The third-order valence-corrected chi connectivity index (χ3v) is 4.43. The monoisotopic (exact) mass is 282 g/mol. The van der Waals surface area contributed by atoms with Crippen molar-refractivity contribution in [2.75, 3.05) is 20.1 Å².